The third-order valence-electron chi connectivity index (χ3n) is 5.22. The van der Waals surface area contributed by atoms with E-state index < -0.39 is 6.04 Å². The lowest BCUT2D eigenvalue weighted by Crippen LogP contribution is -2.43. The van der Waals surface area contributed by atoms with Crippen molar-refractivity contribution in [3.8, 4) is 11.5 Å². The van der Waals surface area contributed by atoms with Crippen molar-refractivity contribution in [3.05, 3.63) is 53.6 Å². The van der Waals surface area contributed by atoms with Gasteiger partial charge in [-0.1, -0.05) is 32.0 Å². The van der Waals surface area contributed by atoms with E-state index in [2.05, 4.69) is 36.2 Å². The Balaban J connectivity index is 1.58. The van der Waals surface area contributed by atoms with Crippen molar-refractivity contribution in [2.24, 2.45) is 0 Å². The van der Waals surface area contributed by atoms with E-state index >= 15 is 0 Å². The van der Waals surface area contributed by atoms with Crippen LogP contribution < -0.4 is 14.8 Å². The van der Waals surface area contributed by atoms with Crippen molar-refractivity contribution < 1.29 is 19.0 Å². The summed E-state index contributed by atoms with van der Waals surface area (Å²) in [4.78, 5) is 15.4. The minimum atomic E-state index is -0.414. The maximum absolute atomic E-state index is 13.3. The van der Waals surface area contributed by atoms with Gasteiger partial charge in [-0.3, -0.25) is 9.69 Å². The summed E-state index contributed by atoms with van der Waals surface area (Å²) in [5, 5.41) is 3.08. The second kappa shape index (κ2) is 8.20. The average molecular weight is 382 g/mol. The molecular weight excluding hydrogens is 356 g/mol. The summed E-state index contributed by atoms with van der Waals surface area (Å²) < 4.78 is 16.4. The maximum Gasteiger partial charge on any atom is 0.246 e. The molecule has 1 N–H and O–H groups in total. The van der Waals surface area contributed by atoms with Crippen molar-refractivity contribution >= 4 is 11.6 Å². The number of rotatable bonds is 5. The zero-order valence-corrected chi connectivity index (χ0v) is 16.3. The number of nitrogens with one attached hydrogen (secondary N) is 1. The molecule has 1 amide bonds. The van der Waals surface area contributed by atoms with Crippen LogP contribution in [0.5, 0.6) is 11.5 Å². The highest BCUT2D eigenvalue weighted by molar-refractivity contribution is 5.95. The van der Waals surface area contributed by atoms with Crippen molar-refractivity contribution in [2.45, 2.75) is 25.8 Å². The lowest BCUT2D eigenvalue weighted by molar-refractivity contribution is -0.123. The molecule has 6 nitrogen and oxygen atoms in total. The molecule has 0 bridgehead atoms. The molecule has 2 aliphatic rings. The highest BCUT2D eigenvalue weighted by atomic mass is 16.7. The molecule has 6 heteroatoms. The van der Waals surface area contributed by atoms with Crippen molar-refractivity contribution in [3.63, 3.8) is 0 Å². The Hall–Kier alpha value is -2.57. The summed E-state index contributed by atoms with van der Waals surface area (Å²) in [6.07, 6.45) is 0. The first-order valence-electron chi connectivity index (χ1n) is 9.74. The fourth-order valence-corrected chi connectivity index (χ4v) is 3.61. The molecule has 0 aliphatic carbocycles. The average Bonchev–Trinajstić information content (AvgIpc) is 3.17. The Morgan fingerprint density at radius 1 is 0.964 bits per heavy atom. The first kappa shape index (κ1) is 18.8. The zero-order valence-electron chi connectivity index (χ0n) is 16.3. The third kappa shape index (κ3) is 3.98. The molecule has 2 aliphatic heterocycles. The molecule has 0 saturated carbocycles. The van der Waals surface area contributed by atoms with Crippen LogP contribution in [0.25, 0.3) is 0 Å². The molecule has 4 rings (SSSR count). The number of morpholine rings is 1. The van der Waals surface area contributed by atoms with Crippen LogP contribution in [0.15, 0.2) is 42.5 Å². The van der Waals surface area contributed by atoms with Gasteiger partial charge >= 0.3 is 0 Å². The summed E-state index contributed by atoms with van der Waals surface area (Å²) >= 11 is 0. The molecule has 1 saturated heterocycles. The van der Waals surface area contributed by atoms with Crippen molar-refractivity contribution in [1.82, 2.24) is 4.90 Å². The van der Waals surface area contributed by atoms with Gasteiger partial charge in [0.25, 0.3) is 0 Å². The Kier molecular flexibility index (Phi) is 5.50. The molecule has 0 spiro atoms. The lowest BCUT2D eigenvalue weighted by atomic mass is 10.0. The number of carbonyl (C=O) groups is 1. The fraction of sp³-hybridized carbons (Fsp3) is 0.409. The summed E-state index contributed by atoms with van der Waals surface area (Å²) in [6.45, 7) is 7.19. The lowest BCUT2D eigenvalue weighted by Gasteiger charge is -2.33. The van der Waals surface area contributed by atoms with Gasteiger partial charge in [0.2, 0.25) is 12.7 Å². The number of anilines is 1. The number of hydrogen-bond acceptors (Lipinski definition) is 5. The minimum absolute atomic E-state index is 0.0573. The number of ether oxygens (including phenoxy) is 3. The number of amides is 1. The predicted molar refractivity (Wildman–Crippen MR) is 107 cm³/mol. The van der Waals surface area contributed by atoms with Crippen LogP contribution in [0, 0.1) is 0 Å². The van der Waals surface area contributed by atoms with Crippen LogP contribution in [0.2, 0.25) is 0 Å². The van der Waals surface area contributed by atoms with Gasteiger partial charge < -0.3 is 19.5 Å². The van der Waals surface area contributed by atoms with Gasteiger partial charge in [-0.25, -0.2) is 0 Å². The van der Waals surface area contributed by atoms with Gasteiger partial charge in [0, 0.05) is 18.8 Å². The largest absolute Gasteiger partial charge is 0.454 e. The van der Waals surface area contributed by atoms with Crippen LogP contribution in [0.1, 0.15) is 36.9 Å². The van der Waals surface area contributed by atoms with Crippen LogP contribution in [0.4, 0.5) is 5.69 Å². The van der Waals surface area contributed by atoms with E-state index in [-0.39, 0.29) is 12.7 Å². The van der Waals surface area contributed by atoms with Gasteiger partial charge in [-0.15, -0.1) is 0 Å². The van der Waals surface area contributed by atoms with Crippen molar-refractivity contribution in [2.75, 3.05) is 38.4 Å². The van der Waals surface area contributed by atoms with Gasteiger partial charge in [0.05, 0.1) is 13.2 Å². The second-order valence-electron chi connectivity index (χ2n) is 7.43. The van der Waals surface area contributed by atoms with Crippen LogP contribution >= 0.6 is 0 Å². The molecule has 0 aromatic heterocycles. The van der Waals surface area contributed by atoms with Crippen LogP contribution in [-0.4, -0.2) is 43.9 Å². The van der Waals surface area contributed by atoms with Gasteiger partial charge in [0.15, 0.2) is 11.5 Å². The number of nitrogens with zero attached hydrogens (tertiary/aromatic N) is 1. The first-order valence-corrected chi connectivity index (χ1v) is 9.74. The monoisotopic (exact) mass is 382 g/mol. The van der Waals surface area contributed by atoms with E-state index in [0.29, 0.717) is 43.7 Å². The van der Waals surface area contributed by atoms with Gasteiger partial charge in [-0.2, -0.15) is 0 Å². The molecule has 28 heavy (non-hydrogen) atoms. The first-order chi connectivity index (χ1) is 13.6. The summed E-state index contributed by atoms with van der Waals surface area (Å²) in [5.74, 6) is 1.80. The standard InChI is InChI=1S/C22H26N2O4/c1-15(2)16-3-6-18(7-4-16)23-22(25)21(24-9-11-26-12-10-24)17-5-8-19-20(13-17)28-14-27-19/h3-8,13,15,21H,9-12,14H2,1-2H3,(H,23,25). The Morgan fingerprint density at radius 3 is 2.36 bits per heavy atom. The Labute approximate surface area is 165 Å². The van der Waals surface area contributed by atoms with Crippen LogP contribution in [0.3, 0.4) is 0 Å². The Morgan fingerprint density at radius 2 is 1.64 bits per heavy atom. The Bertz CT molecular complexity index is 829. The predicted octanol–water partition coefficient (Wildman–Crippen LogP) is 3.55. The molecule has 2 aromatic carbocycles. The van der Waals surface area contributed by atoms with Gasteiger partial charge in [-0.05, 0) is 41.3 Å². The molecule has 0 radical (unpaired) electrons. The third-order valence-corrected chi connectivity index (χ3v) is 5.22. The molecule has 1 fully saturated rings. The van der Waals surface area contributed by atoms with Crippen LogP contribution in [-0.2, 0) is 9.53 Å². The maximum atomic E-state index is 13.3. The normalized spacial score (nSPS) is 17.5. The minimum Gasteiger partial charge on any atom is -0.454 e. The summed E-state index contributed by atoms with van der Waals surface area (Å²) in [7, 11) is 0. The van der Waals surface area contributed by atoms with E-state index in [1.165, 1.54) is 5.56 Å². The summed E-state index contributed by atoms with van der Waals surface area (Å²) in [5.41, 5.74) is 2.94. The topological polar surface area (TPSA) is 60.0 Å². The zero-order chi connectivity index (χ0) is 19.5. The number of carbonyl (C=O) groups excluding carboxylic acids is 1. The highest BCUT2D eigenvalue weighted by Crippen LogP contribution is 2.36. The van der Waals surface area contributed by atoms with E-state index in [1.807, 2.05) is 30.3 Å². The second-order valence-corrected chi connectivity index (χ2v) is 7.43. The number of benzene rings is 2. The molecule has 2 heterocycles. The fourth-order valence-electron chi connectivity index (χ4n) is 3.61. The SMILES string of the molecule is CC(C)c1ccc(NC(=O)C(c2ccc3c(c2)OCO3)N2CCOCC2)cc1. The quantitative estimate of drug-likeness (QED) is 0.857. The molecule has 1 unspecified atom stereocenters. The molecule has 1 atom stereocenters. The van der Waals surface area contributed by atoms with Gasteiger partial charge in [0.1, 0.15) is 6.04 Å². The van der Waals surface area contributed by atoms with E-state index in [1.54, 1.807) is 0 Å². The van der Waals surface area contributed by atoms with E-state index in [9.17, 15) is 4.79 Å². The number of fused-ring (bicyclic) bond motifs is 1. The van der Waals surface area contributed by atoms with E-state index in [0.717, 1.165) is 11.3 Å². The highest BCUT2D eigenvalue weighted by Gasteiger charge is 2.30. The van der Waals surface area contributed by atoms with E-state index in [4.69, 9.17) is 14.2 Å². The molecular formula is C22H26N2O4. The smallest absolute Gasteiger partial charge is 0.246 e. The number of hydrogen-bond donors (Lipinski definition) is 1. The summed E-state index contributed by atoms with van der Waals surface area (Å²) in [6, 6.07) is 13.3. The molecule has 148 valence electrons. The van der Waals surface area contributed by atoms with Crippen molar-refractivity contribution in [1.29, 1.82) is 0 Å². The molecule has 2 aromatic rings.